The molecule has 1 aliphatic rings. The molecule has 0 aromatic heterocycles. The van der Waals surface area contributed by atoms with Gasteiger partial charge in [0.25, 0.3) is 0 Å². The van der Waals surface area contributed by atoms with Gasteiger partial charge in [0.05, 0.1) is 0 Å². The van der Waals surface area contributed by atoms with Gasteiger partial charge >= 0.3 is 104 Å². The van der Waals surface area contributed by atoms with Gasteiger partial charge in [-0.3, -0.25) is 0 Å². The summed E-state index contributed by atoms with van der Waals surface area (Å²) >= 11 is 0.0367. The molecule has 3 rings (SSSR count). The predicted octanol–water partition coefficient (Wildman–Crippen LogP) is 3.46. The molecule has 0 heterocycles. The third kappa shape index (κ3) is 1.90. The predicted molar refractivity (Wildman–Crippen MR) is 65.6 cm³/mol. The molecule has 16 heavy (non-hydrogen) atoms. The van der Waals surface area contributed by atoms with Crippen molar-refractivity contribution >= 4 is 14.7 Å². The van der Waals surface area contributed by atoms with E-state index in [1.165, 1.54) is 10.8 Å². The number of allylic oxidation sites excluding steroid dienone is 4. The summed E-state index contributed by atoms with van der Waals surface area (Å²) in [6.45, 7) is 0. The molecule has 1 heteroatoms. The van der Waals surface area contributed by atoms with Crippen molar-refractivity contribution < 1.29 is 18.6 Å². The summed E-state index contributed by atoms with van der Waals surface area (Å²) in [6, 6.07) is 15.4. The standard InChI is InChI=1S/C10H7.C5H5.Pt/c1-2-6-10-8-4-3-7-9(10)5-1;1-2-4-5-3-1;/h1-7H;1-5H;. The van der Waals surface area contributed by atoms with Crippen molar-refractivity contribution in [2.24, 2.45) is 0 Å². The van der Waals surface area contributed by atoms with Gasteiger partial charge in [0.2, 0.25) is 0 Å². The Balaban J connectivity index is 2.02. The average Bonchev–Trinajstić information content (AvgIpc) is 2.82. The summed E-state index contributed by atoms with van der Waals surface area (Å²) < 4.78 is 2.24. The summed E-state index contributed by atoms with van der Waals surface area (Å²) in [5.41, 5.74) is 0. The Labute approximate surface area is 104 Å². The van der Waals surface area contributed by atoms with Crippen LogP contribution in [0.3, 0.4) is 0 Å². The van der Waals surface area contributed by atoms with E-state index in [4.69, 9.17) is 0 Å². The van der Waals surface area contributed by atoms with Crippen LogP contribution in [-0.2, 0) is 18.6 Å². The molecular weight excluding hydrogens is 375 g/mol. The molecule has 0 radical (unpaired) electrons. The Morgan fingerprint density at radius 3 is 2.44 bits per heavy atom. The summed E-state index contributed by atoms with van der Waals surface area (Å²) in [5.74, 6) is 0. The number of hydrogen-bond donors (Lipinski definition) is 0. The van der Waals surface area contributed by atoms with Gasteiger partial charge in [-0.1, -0.05) is 0 Å². The van der Waals surface area contributed by atoms with E-state index in [1.54, 1.807) is 3.95 Å². The Bertz CT molecular complexity index is 549. The number of hydrogen-bond acceptors (Lipinski definition) is 0. The van der Waals surface area contributed by atoms with Crippen molar-refractivity contribution in [3.63, 3.8) is 0 Å². The molecule has 1 aliphatic carbocycles. The Morgan fingerprint density at radius 2 is 1.56 bits per heavy atom. The van der Waals surface area contributed by atoms with E-state index in [-0.39, 0.29) is 18.6 Å². The van der Waals surface area contributed by atoms with E-state index in [2.05, 4.69) is 66.8 Å². The van der Waals surface area contributed by atoms with Crippen LogP contribution in [0.25, 0.3) is 10.8 Å². The fourth-order valence-corrected chi connectivity index (χ4v) is 4.88. The van der Waals surface area contributed by atoms with Crippen molar-refractivity contribution in [2.75, 3.05) is 0 Å². The number of rotatable bonds is 2. The minimum atomic E-state index is 0.0367. The Kier molecular flexibility index (Phi) is 2.76. The third-order valence-corrected chi connectivity index (χ3v) is 5.92. The van der Waals surface area contributed by atoms with Crippen LogP contribution in [0.2, 0.25) is 4.31 Å². The molecular formula is C15H12Pt. The third-order valence-electron chi connectivity index (χ3n) is 2.59. The number of benzene rings is 2. The van der Waals surface area contributed by atoms with Crippen molar-refractivity contribution in [1.29, 1.82) is 0 Å². The maximum atomic E-state index is 2.32. The first-order chi connectivity index (χ1) is 7.93. The minimum absolute atomic E-state index is 0.0367. The van der Waals surface area contributed by atoms with Gasteiger partial charge in [-0.15, -0.1) is 0 Å². The number of fused-ring (bicyclic) bond motifs is 1. The normalized spacial score (nSPS) is 15.2. The quantitative estimate of drug-likeness (QED) is 0.741. The van der Waals surface area contributed by atoms with E-state index >= 15 is 0 Å². The van der Waals surface area contributed by atoms with Crippen molar-refractivity contribution in [1.82, 2.24) is 0 Å². The fourth-order valence-electron chi connectivity index (χ4n) is 1.81. The molecule has 2 aromatic carbocycles. The molecule has 0 saturated carbocycles. The van der Waals surface area contributed by atoms with Gasteiger partial charge < -0.3 is 0 Å². The van der Waals surface area contributed by atoms with Gasteiger partial charge in [0.15, 0.2) is 0 Å². The second kappa shape index (κ2) is 4.39. The fraction of sp³-hybridized carbons (Fsp3) is 0.0667. The molecule has 0 nitrogen and oxygen atoms in total. The van der Waals surface area contributed by atoms with E-state index in [0.717, 1.165) is 0 Å². The van der Waals surface area contributed by atoms with Crippen LogP contribution in [-0.4, -0.2) is 0 Å². The summed E-state index contributed by atoms with van der Waals surface area (Å²) in [5, 5.41) is 2.80. The Morgan fingerprint density at radius 1 is 0.812 bits per heavy atom. The van der Waals surface area contributed by atoms with Crippen LogP contribution in [0.1, 0.15) is 0 Å². The average molecular weight is 387 g/mol. The molecule has 0 saturated heterocycles. The zero-order valence-electron chi connectivity index (χ0n) is 8.74. The van der Waals surface area contributed by atoms with E-state index < -0.39 is 0 Å². The Hall–Kier alpha value is -1.13. The molecule has 0 unspecified atom stereocenters. The molecule has 0 fully saturated rings. The van der Waals surface area contributed by atoms with Crippen LogP contribution >= 0.6 is 0 Å². The summed E-state index contributed by atoms with van der Waals surface area (Å²) in [6.07, 6.45) is 8.96. The van der Waals surface area contributed by atoms with Gasteiger partial charge in [-0.2, -0.15) is 0 Å². The molecule has 2 aromatic rings. The first-order valence-corrected chi connectivity index (χ1v) is 7.78. The zero-order chi connectivity index (χ0) is 10.8. The van der Waals surface area contributed by atoms with Crippen LogP contribution < -0.4 is 3.95 Å². The van der Waals surface area contributed by atoms with Crippen LogP contribution in [0.15, 0.2) is 66.8 Å². The molecule has 0 bridgehead atoms. The zero-order valence-corrected chi connectivity index (χ0v) is 11.0. The van der Waals surface area contributed by atoms with E-state index in [1.807, 2.05) is 0 Å². The van der Waals surface area contributed by atoms with Crippen LogP contribution in [0, 0.1) is 0 Å². The summed E-state index contributed by atoms with van der Waals surface area (Å²) in [4.78, 5) is 0. The first kappa shape index (κ1) is 10.0. The van der Waals surface area contributed by atoms with Gasteiger partial charge in [-0.25, -0.2) is 0 Å². The molecule has 0 amide bonds. The second-order valence-corrected chi connectivity index (χ2v) is 7.09. The maximum absolute atomic E-state index is 2.32. The second-order valence-electron chi connectivity index (χ2n) is 3.69. The SMILES string of the molecule is C1=C[CH]([Pt][c]2cccc3ccccc23)C=C1. The monoisotopic (exact) mass is 387 g/mol. The van der Waals surface area contributed by atoms with Gasteiger partial charge in [0, 0.05) is 0 Å². The van der Waals surface area contributed by atoms with Gasteiger partial charge in [0.1, 0.15) is 0 Å². The molecule has 82 valence electrons. The van der Waals surface area contributed by atoms with E-state index in [0.29, 0.717) is 4.31 Å². The van der Waals surface area contributed by atoms with Crippen LogP contribution in [0.4, 0.5) is 0 Å². The van der Waals surface area contributed by atoms with Crippen molar-refractivity contribution in [3.05, 3.63) is 66.8 Å². The van der Waals surface area contributed by atoms with Gasteiger partial charge in [-0.05, 0) is 0 Å². The van der Waals surface area contributed by atoms with Crippen LogP contribution in [0.5, 0.6) is 0 Å². The molecule has 0 atom stereocenters. The molecule has 0 spiro atoms. The topological polar surface area (TPSA) is 0 Å². The first-order valence-electron chi connectivity index (χ1n) is 5.33. The molecule has 0 N–H and O–H groups in total. The van der Waals surface area contributed by atoms with Crippen molar-refractivity contribution in [3.8, 4) is 0 Å². The molecule has 0 aliphatic heterocycles. The summed E-state index contributed by atoms with van der Waals surface area (Å²) in [7, 11) is 0. The van der Waals surface area contributed by atoms with E-state index in [9.17, 15) is 0 Å². The van der Waals surface area contributed by atoms with Crippen molar-refractivity contribution in [2.45, 2.75) is 4.31 Å².